The normalized spacial score (nSPS) is 16.5. The summed E-state index contributed by atoms with van der Waals surface area (Å²) in [4.78, 5) is 0. The standard InChI is InChI=1S/C8H12O.2Rh/c9-8-6-4-2-1-3-5-7-8;;/h2,4,6,9H,1,3,5,7H2;;/q;;+3. The zero-order valence-corrected chi connectivity index (χ0v) is 9.45. The van der Waals surface area contributed by atoms with Gasteiger partial charge in [-0.05, 0) is 25.3 Å². The summed E-state index contributed by atoms with van der Waals surface area (Å²) in [6.07, 6.45) is 10.1. The molecule has 1 aliphatic carbocycles. The molecule has 0 aromatic rings. The fourth-order valence-electron chi connectivity index (χ4n) is 0.927. The quantitative estimate of drug-likeness (QED) is 0.677. The maximum absolute atomic E-state index is 9.02. The van der Waals surface area contributed by atoms with Crippen molar-refractivity contribution in [3.8, 4) is 0 Å². The van der Waals surface area contributed by atoms with E-state index in [0.29, 0.717) is 5.76 Å². The molecule has 0 amide bonds. The van der Waals surface area contributed by atoms with Crippen molar-refractivity contribution < 1.29 is 44.1 Å². The van der Waals surface area contributed by atoms with Crippen LogP contribution in [0.2, 0.25) is 0 Å². The SMILES string of the molecule is OC1=CC=CCCCC1.[Rh+3].[Rh]. The van der Waals surface area contributed by atoms with Crippen LogP contribution in [0, 0.1) is 0 Å². The molecule has 0 aromatic carbocycles. The molecule has 11 heavy (non-hydrogen) atoms. The van der Waals surface area contributed by atoms with Crippen LogP contribution in [-0.2, 0) is 39.0 Å². The molecule has 1 rings (SSSR count). The second-order valence-corrected chi connectivity index (χ2v) is 2.33. The van der Waals surface area contributed by atoms with E-state index in [0.717, 1.165) is 19.3 Å². The molecule has 0 aliphatic heterocycles. The van der Waals surface area contributed by atoms with Crippen LogP contribution in [0.15, 0.2) is 24.0 Å². The molecule has 0 fully saturated rings. The van der Waals surface area contributed by atoms with E-state index in [9.17, 15) is 0 Å². The van der Waals surface area contributed by atoms with Gasteiger partial charge in [0.05, 0.1) is 5.76 Å². The molecule has 1 aliphatic rings. The number of aliphatic hydroxyl groups excluding tert-OH is 1. The Bertz CT molecular complexity index is 141. The fourth-order valence-corrected chi connectivity index (χ4v) is 0.927. The van der Waals surface area contributed by atoms with Crippen molar-refractivity contribution in [3.63, 3.8) is 0 Å². The summed E-state index contributed by atoms with van der Waals surface area (Å²) in [6.45, 7) is 0. The Balaban J connectivity index is 0. The van der Waals surface area contributed by atoms with Gasteiger partial charge in [-0.2, -0.15) is 0 Å². The average molecular weight is 330 g/mol. The average Bonchev–Trinajstić information content (AvgIpc) is 1.79. The number of allylic oxidation sites excluding steroid dienone is 4. The molecule has 1 nitrogen and oxygen atoms in total. The molecule has 1 N–H and O–H groups in total. The molecule has 0 spiro atoms. The van der Waals surface area contributed by atoms with Crippen molar-refractivity contribution >= 4 is 0 Å². The van der Waals surface area contributed by atoms with Crippen LogP contribution in [0.1, 0.15) is 25.7 Å². The molecular formula is C8H12ORh2+3. The molecular weight excluding hydrogens is 318 g/mol. The fraction of sp³-hybridized carbons (Fsp3) is 0.500. The van der Waals surface area contributed by atoms with E-state index in [2.05, 4.69) is 6.08 Å². The van der Waals surface area contributed by atoms with Gasteiger partial charge in [-0.3, -0.25) is 0 Å². The minimum atomic E-state index is 0. The van der Waals surface area contributed by atoms with Crippen LogP contribution in [0.5, 0.6) is 0 Å². The van der Waals surface area contributed by atoms with E-state index in [4.69, 9.17) is 5.11 Å². The molecule has 0 heterocycles. The summed E-state index contributed by atoms with van der Waals surface area (Å²) < 4.78 is 0. The third-order valence-electron chi connectivity index (χ3n) is 1.48. The van der Waals surface area contributed by atoms with Gasteiger partial charge in [0.15, 0.2) is 0 Å². The summed E-state index contributed by atoms with van der Waals surface area (Å²) in [7, 11) is 0. The Morgan fingerprint density at radius 3 is 2.73 bits per heavy atom. The summed E-state index contributed by atoms with van der Waals surface area (Å²) in [5.41, 5.74) is 0. The largest absolute Gasteiger partial charge is 3.00 e. The Morgan fingerprint density at radius 1 is 1.27 bits per heavy atom. The number of hydrogen-bond donors (Lipinski definition) is 1. The van der Waals surface area contributed by atoms with E-state index in [1.165, 1.54) is 6.42 Å². The molecule has 3 heteroatoms. The van der Waals surface area contributed by atoms with Gasteiger partial charge in [0.25, 0.3) is 0 Å². The van der Waals surface area contributed by atoms with Crippen LogP contribution in [0.25, 0.3) is 0 Å². The number of rotatable bonds is 0. The van der Waals surface area contributed by atoms with Gasteiger partial charge in [-0.25, -0.2) is 0 Å². The summed E-state index contributed by atoms with van der Waals surface area (Å²) in [6, 6.07) is 0. The minimum Gasteiger partial charge on any atom is -0.512 e. The molecule has 0 saturated heterocycles. The van der Waals surface area contributed by atoms with E-state index in [1.807, 2.05) is 6.08 Å². The van der Waals surface area contributed by atoms with Crippen LogP contribution in [0.3, 0.4) is 0 Å². The van der Waals surface area contributed by atoms with Crippen LogP contribution in [0.4, 0.5) is 0 Å². The minimum absolute atomic E-state index is 0. The van der Waals surface area contributed by atoms with Gasteiger partial charge >= 0.3 is 19.5 Å². The molecule has 1 radical (unpaired) electrons. The molecule has 65 valence electrons. The molecule has 0 bridgehead atoms. The van der Waals surface area contributed by atoms with Crippen molar-refractivity contribution in [3.05, 3.63) is 24.0 Å². The second-order valence-electron chi connectivity index (χ2n) is 2.33. The van der Waals surface area contributed by atoms with Gasteiger partial charge < -0.3 is 5.11 Å². The van der Waals surface area contributed by atoms with Gasteiger partial charge in [-0.1, -0.05) is 12.2 Å². The molecule has 0 aromatic heterocycles. The third-order valence-corrected chi connectivity index (χ3v) is 1.48. The Labute approximate surface area is 93.5 Å². The van der Waals surface area contributed by atoms with Crippen molar-refractivity contribution in [2.45, 2.75) is 25.7 Å². The van der Waals surface area contributed by atoms with Crippen molar-refractivity contribution in [1.82, 2.24) is 0 Å². The summed E-state index contributed by atoms with van der Waals surface area (Å²) in [5, 5.41) is 9.02. The summed E-state index contributed by atoms with van der Waals surface area (Å²) >= 11 is 0. The van der Waals surface area contributed by atoms with Crippen molar-refractivity contribution in [2.24, 2.45) is 0 Å². The Kier molecular flexibility index (Phi) is 11.0. The van der Waals surface area contributed by atoms with Crippen LogP contribution < -0.4 is 0 Å². The first-order valence-electron chi connectivity index (χ1n) is 3.44. The first-order valence-corrected chi connectivity index (χ1v) is 3.44. The van der Waals surface area contributed by atoms with E-state index in [-0.39, 0.29) is 39.0 Å². The molecule has 0 atom stereocenters. The van der Waals surface area contributed by atoms with Gasteiger partial charge in [0.1, 0.15) is 0 Å². The Hall–Kier alpha value is 0.527. The zero-order valence-electron chi connectivity index (χ0n) is 6.17. The van der Waals surface area contributed by atoms with E-state index < -0.39 is 0 Å². The van der Waals surface area contributed by atoms with Gasteiger partial charge in [-0.15, -0.1) is 0 Å². The number of aliphatic hydroxyl groups is 1. The van der Waals surface area contributed by atoms with Crippen LogP contribution >= 0.6 is 0 Å². The summed E-state index contributed by atoms with van der Waals surface area (Å²) in [5.74, 6) is 0.519. The smallest absolute Gasteiger partial charge is 0.512 e. The predicted octanol–water partition coefficient (Wildman–Crippen LogP) is 2.55. The van der Waals surface area contributed by atoms with Gasteiger partial charge in [0, 0.05) is 25.9 Å². The Morgan fingerprint density at radius 2 is 2.00 bits per heavy atom. The number of hydrogen-bond acceptors (Lipinski definition) is 1. The second kappa shape index (κ2) is 8.62. The first-order chi connectivity index (χ1) is 4.39. The van der Waals surface area contributed by atoms with Gasteiger partial charge in [0.2, 0.25) is 0 Å². The maximum Gasteiger partial charge on any atom is 3.00 e. The molecule has 0 unspecified atom stereocenters. The maximum atomic E-state index is 9.02. The van der Waals surface area contributed by atoms with Crippen molar-refractivity contribution in [2.75, 3.05) is 0 Å². The molecule has 0 saturated carbocycles. The zero-order chi connectivity index (χ0) is 6.53. The van der Waals surface area contributed by atoms with Crippen LogP contribution in [-0.4, -0.2) is 5.11 Å². The van der Waals surface area contributed by atoms with E-state index in [1.54, 1.807) is 6.08 Å². The third kappa shape index (κ3) is 6.91. The first kappa shape index (κ1) is 14.1. The van der Waals surface area contributed by atoms with Crippen molar-refractivity contribution in [1.29, 1.82) is 0 Å². The monoisotopic (exact) mass is 330 g/mol. The van der Waals surface area contributed by atoms with E-state index >= 15 is 0 Å². The predicted molar refractivity (Wildman–Crippen MR) is 38.3 cm³/mol. The topological polar surface area (TPSA) is 20.2 Å².